The molecule has 0 aromatic heterocycles. The fraction of sp³-hybridized carbons (Fsp3) is 0.611. The van der Waals surface area contributed by atoms with Gasteiger partial charge in [-0.2, -0.15) is 0 Å². The van der Waals surface area contributed by atoms with Crippen LogP contribution < -0.4 is 4.74 Å². The van der Waals surface area contributed by atoms with E-state index in [1.165, 1.54) is 12.1 Å². The fourth-order valence-electron chi connectivity index (χ4n) is 2.48. The second-order valence-corrected chi connectivity index (χ2v) is 6.61. The van der Waals surface area contributed by atoms with Gasteiger partial charge >= 0.3 is 5.97 Å². The topological polar surface area (TPSA) is 146 Å². The molecule has 2 rings (SSSR count). The van der Waals surface area contributed by atoms with Gasteiger partial charge in [-0.15, -0.1) is 0 Å². The van der Waals surface area contributed by atoms with E-state index in [0.29, 0.717) is 0 Å². The van der Waals surface area contributed by atoms with Gasteiger partial charge in [0.2, 0.25) is 6.29 Å². The van der Waals surface area contributed by atoms with Gasteiger partial charge in [-0.1, -0.05) is 20.3 Å². The van der Waals surface area contributed by atoms with Crippen molar-refractivity contribution in [3.63, 3.8) is 0 Å². The van der Waals surface area contributed by atoms with Crippen molar-refractivity contribution < 1.29 is 44.5 Å². The third-order valence-corrected chi connectivity index (χ3v) is 4.47. The maximum atomic E-state index is 12.4. The minimum atomic E-state index is -1.62. The lowest BCUT2D eigenvalue weighted by atomic mass is 9.99. The summed E-state index contributed by atoms with van der Waals surface area (Å²) >= 11 is 0. The van der Waals surface area contributed by atoms with Crippen molar-refractivity contribution in [2.24, 2.45) is 5.92 Å². The Labute approximate surface area is 156 Å². The number of rotatable bonds is 7. The van der Waals surface area contributed by atoms with E-state index >= 15 is 0 Å². The predicted octanol–water partition coefficient (Wildman–Crippen LogP) is -0.226. The summed E-state index contributed by atoms with van der Waals surface area (Å²) < 4.78 is 16.0. The number of esters is 1. The number of hydrogen-bond acceptors (Lipinski definition) is 9. The Morgan fingerprint density at radius 1 is 1.22 bits per heavy atom. The van der Waals surface area contributed by atoms with Crippen molar-refractivity contribution in [1.29, 1.82) is 0 Å². The Kier molecular flexibility index (Phi) is 7.40. The number of hydrogen-bond donors (Lipinski definition) is 5. The molecule has 0 spiro atoms. The summed E-state index contributed by atoms with van der Waals surface area (Å²) in [6, 6.07) is 3.71. The van der Waals surface area contributed by atoms with E-state index in [2.05, 4.69) is 0 Å². The molecule has 1 saturated heterocycles. The van der Waals surface area contributed by atoms with Crippen LogP contribution in [0.1, 0.15) is 30.6 Å². The number of benzene rings is 1. The SMILES string of the molecule is CCC(C)COC(=O)c1cc(O)ccc1O[C@@H]1O[C@H](CO)[C@@H](O)[C@H](O)[C@H]1O. The van der Waals surface area contributed by atoms with Crippen molar-refractivity contribution in [3.8, 4) is 11.5 Å². The number of carbonyl (C=O) groups is 1. The predicted molar refractivity (Wildman–Crippen MR) is 92.2 cm³/mol. The number of aliphatic hydroxyl groups is 4. The van der Waals surface area contributed by atoms with E-state index < -0.39 is 43.3 Å². The van der Waals surface area contributed by atoms with Crippen LogP contribution in [-0.4, -0.2) is 75.4 Å². The number of aromatic hydroxyl groups is 1. The van der Waals surface area contributed by atoms with Gasteiger partial charge in [0.05, 0.1) is 13.2 Å². The largest absolute Gasteiger partial charge is 0.508 e. The average Bonchev–Trinajstić information content (AvgIpc) is 2.67. The standard InChI is InChI=1S/C18H26O9/c1-3-9(2)8-25-17(24)11-6-10(20)4-5-12(11)26-18-16(23)15(22)14(21)13(7-19)27-18/h4-6,9,13-16,18-23H,3,7-8H2,1-2H3/t9?,13-,14-,15+,16-,18-/m1/s1. The molecule has 0 bridgehead atoms. The zero-order valence-electron chi connectivity index (χ0n) is 15.2. The van der Waals surface area contributed by atoms with Gasteiger partial charge in [0.25, 0.3) is 0 Å². The summed E-state index contributed by atoms with van der Waals surface area (Å²) in [6.07, 6.45) is -6.54. The van der Waals surface area contributed by atoms with Crippen LogP contribution in [-0.2, 0) is 9.47 Å². The van der Waals surface area contributed by atoms with Crippen LogP contribution in [0.4, 0.5) is 0 Å². The van der Waals surface area contributed by atoms with Gasteiger partial charge in [0, 0.05) is 0 Å². The zero-order chi connectivity index (χ0) is 20.1. The molecular weight excluding hydrogens is 360 g/mol. The van der Waals surface area contributed by atoms with Crippen molar-refractivity contribution in [2.45, 2.75) is 51.0 Å². The van der Waals surface area contributed by atoms with Gasteiger partial charge in [-0.3, -0.25) is 0 Å². The fourth-order valence-corrected chi connectivity index (χ4v) is 2.48. The van der Waals surface area contributed by atoms with Crippen LogP contribution in [0.15, 0.2) is 18.2 Å². The maximum Gasteiger partial charge on any atom is 0.342 e. The second-order valence-electron chi connectivity index (χ2n) is 6.61. The number of aliphatic hydroxyl groups excluding tert-OH is 4. The average molecular weight is 386 g/mol. The number of phenolic OH excluding ortho intramolecular Hbond substituents is 1. The highest BCUT2D eigenvalue weighted by molar-refractivity contribution is 5.93. The Bertz CT molecular complexity index is 633. The normalized spacial score (nSPS) is 29.2. The molecule has 1 aliphatic rings. The quantitative estimate of drug-likeness (QED) is 0.401. The van der Waals surface area contributed by atoms with E-state index in [1.54, 1.807) is 0 Å². The van der Waals surface area contributed by atoms with E-state index in [-0.39, 0.29) is 29.6 Å². The first-order valence-corrected chi connectivity index (χ1v) is 8.75. The smallest absolute Gasteiger partial charge is 0.342 e. The number of ether oxygens (including phenoxy) is 3. The molecule has 0 radical (unpaired) electrons. The summed E-state index contributed by atoms with van der Waals surface area (Å²) in [5.74, 6) is -0.815. The number of phenols is 1. The minimum Gasteiger partial charge on any atom is -0.508 e. The third kappa shape index (κ3) is 5.08. The molecule has 0 saturated carbocycles. The molecular formula is C18H26O9. The van der Waals surface area contributed by atoms with Gasteiger partial charge in [-0.05, 0) is 24.1 Å². The first-order chi connectivity index (χ1) is 12.8. The lowest BCUT2D eigenvalue weighted by molar-refractivity contribution is -0.277. The Morgan fingerprint density at radius 3 is 2.56 bits per heavy atom. The maximum absolute atomic E-state index is 12.4. The van der Waals surface area contributed by atoms with Crippen LogP contribution in [0.5, 0.6) is 11.5 Å². The molecule has 1 aromatic rings. The lowest BCUT2D eigenvalue weighted by Gasteiger charge is -2.39. The van der Waals surface area contributed by atoms with E-state index in [0.717, 1.165) is 12.5 Å². The molecule has 152 valence electrons. The highest BCUT2D eigenvalue weighted by atomic mass is 16.7. The molecule has 1 unspecified atom stereocenters. The van der Waals surface area contributed by atoms with E-state index in [1.807, 2.05) is 13.8 Å². The van der Waals surface area contributed by atoms with Crippen LogP contribution >= 0.6 is 0 Å². The van der Waals surface area contributed by atoms with Crippen LogP contribution in [0.2, 0.25) is 0 Å². The molecule has 5 N–H and O–H groups in total. The van der Waals surface area contributed by atoms with Crippen LogP contribution in [0.3, 0.4) is 0 Å². The van der Waals surface area contributed by atoms with E-state index in [4.69, 9.17) is 14.2 Å². The molecule has 27 heavy (non-hydrogen) atoms. The van der Waals surface area contributed by atoms with E-state index in [9.17, 15) is 30.3 Å². The summed E-state index contributed by atoms with van der Waals surface area (Å²) in [5.41, 5.74) is -0.0877. The third-order valence-electron chi connectivity index (χ3n) is 4.47. The molecule has 1 heterocycles. The van der Waals surface area contributed by atoms with Gasteiger partial charge in [0.15, 0.2) is 0 Å². The molecule has 9 heteroatoms. The molecule has 9 nitrogen and oxygen atoms in total. The molecule has 1 fully saturated rings. The molecule has 1 aromatic carbocycles. The highest BCUT2D eigenvalue weighted by Crippen LogP contribution is 2.29. The van der Waals surface area contributed by atoms with Crippen LogP contribution in [0, 0.1) is 5.92 Å². The minimum absolute atomic E-state index is 0.0497. The Balaban J connectivity index is 2.19. The summed E-state index contributed by atoms with van der Waals surface area (Å²) in [7, 11) is 0. The monoisotopic (exact) mass is 386 g/mol. The van der Waals surface area contributed by atoms with Gasteiger partial charge in [0.1, 0.15) is 41.5 Å². The molecule has 6 atom stereocenters. The molecule has 0 aliphatic carbocycles. The van der Waals surface area contributed by atoms with Gasteiger partial charge in [-0.25, -0.2) is 4.79 Å². The lowest BCUT2D eigenvalue weighted by Crippen LogP contribution is -2.60. The zero-order valence-corrected chi connectivity index (χ0v) is 15.2. The Morgan fingerprint density at radius 2 is 1.93 bits per heavy atom. The first-order valence-electron chi connectivity index (χ1n) is 8.75. The van der Waals surface area contributed by atoms with Crippen molar-refractivity contribution >= 4 is 5.97 Å². The van der Waals surface area contributed by atoms with Crippen LogP contribution in [0.25, 0.3) is 0 Å². The summed E-state index contributed by atoms with van der Waals surface area (Å²) in [5, 5.41) is 48.6. The summed E-state index contributed by atoms with van der Waals surface area (Å²) in [6.45, 7) is 3.45. The summed E-state index contributed by atoms with van der Waals surface area (Å²) in [4.78, 5) is 12.4. The highest BCUT2D eigenvalue weighted by Gasteiger charge is 2.45. The second kappa shape index (κ2) is 9.34. The number of carbonyl (C=O) groups excluding carboxylic acids is 1. The van der Waals surface area contributed by atoms with Gasteiger partial charge < -0.3 is 39.7 Å². The van der Waals surface area contributed by atoms with Crippen molar-refractivity contribution in [1.82, 2.24) is 0 Å². The molecule has 1 aliphatic heterocycles. The Hall–Kier alpha value is -1.91. The van der Waals surface area contributed by atoms with Crippen molar-refractivity contribution in [3.05, 3.63) is 23.8 Å². The first kappa shape index (κ1) is 21.4. The van der Waals surface area contributed by atoms with Crippen molar-refractivity contribution in [2.75, 3.05) is 13.2 Å². The molecule has 0 amide bonds.